The Morgan fingerprint density at radius 3 is 2.45 bits per heavy atom. The first-order valence-corrected chi connectivity index (χ1v) is 15.3. The number of thioether (sulfide) groups is 1. The molecule has 0 unspecified atom stereocenters. The molecule has 10 heteroatoms. The molecular weight excluding hydrogens is 568 g/mol. The van der Waals surface area contributed by atoms with E-state index in [2.05, 4.69) is 27.0 Å². The zero-order valence-corrected chi connectivity index (χ0v) is 24.8. The van der Waals surface area contributed by atoms with E-state index in [1.807, 2.05) is 83.2 Å². The summed E-state index contributed by atoms with van der Waals surface area (Å²) in [5, 5.41) is 1.01. The van der Waals surface area contributed by atoms with Gasteiger partial charge >= 0.3 is 5.69 Å². The van der Waals surface area contributed by atoms with Gasteiger partial charge < -0.3 is 14.8 Å². The molecule has 1 aliphatic rings. The van der Waals surface area contributed by atoms with Crippen LogP contribution in [-0.2, 0) is 12.3 Å². The molecule has 1 amide bonds. The Kier molecular flexibility index (Phi) is 8.30. The van der Waals surface area contributed by atoms with Gasteiger partial charge in [0.15, 0.2) is 5.16 Å². The number of nitrogens with zero attached hydrogens (tertiary/aromatic N) is 5. The van der Waals surface area contributed by atoms with E-state index in [0.717, 1.165) is 35.3 Å². The smallest absolute Gasteiger partial charge is 0.326 e. The number of H-pyrrole nitrogens is 1. The normalized spacial score (nSPS) is 13.9. The van der Waals surface area contributed by atoms with Crippen molar-refractivity contribution in [1.29, 1.82) is 0 Å². The number of para-hydroxylation sites is 2. The van der Waals surface area contributed by atoms with Gasteiger partial charge in [-0.3, -0.25) is 9.36 Å². The van der Waals surface area contributed by atoms with Crippen LogP contribution in [0.4, 0.5) is 5.82 Å². The second-order valence-corrected chi connectivity index (χ2v) is 11.8. The Hall–Kier alpha value is -4.08. The quantitative estimate of drug-likeness (QED) is 0.130. The highest BCUT2D eigenvalue weighted by atomic mass is 35.5. The fraction of sp³-hybridized carbons (Fsp3) is 0.250. The summed E-state index contributed by atoms with van der Waals surface area (Å²) >= 11 is 7.84. The molecule has 1 N–H and O–H groups in total. The molecule has 3 aromatic carbocycles. The van der Waals surface area contributed by atoms with E-state index in [9.17, 15) is 9.59 Å². The molecule has 2 aromatic heterocycles. The number of carbonyl (C=O) groups is 1. The van der Waals surface area contributed by atoms with Gasteiger partial charge in [-0.25, -0.2) is 14.8 Å². The molecule has 8 nitrogen and oxygen atoms in total. The third kappa shape index (κ3) is 6.22. The second-order valence-electron chi connectivity index (χ2n) is 10.5. The predicted octanol–water partition coefficient (Wildman–Crippen LogP) is 6.18. The minimum atomic E-state index is -0.0898. The highest BCUT2D eigenvalue weighted by Gasteiger charge is 2.26. The lowest BCUT2D eigenvalue weighted by Crippen LogP contribution is -2.40. The highest BCUT2D eigenvalue weighted by molar-refractivity contribution is 7.98. The summed E-state index contributed by atoms with van der Waals surface area (Å²) < 4.78 is 1.84. The minimum absolute atomic E-state index is 0.0168. The number of carbonyl (C=O) groups excluding carboxylic acids is 1. The molecule has 214 valence electrons. The van der Waals surface area contributed by atoms with Crippen molar-refractivity contribution in [1.82, 2.24) is 24.4 Å². The highest BCUT2D eigenvalue weighted by Crippen LogP contribution is 2.27. The molecule has 6 rings (SSSR count). The van der Waals surface area contributed by atoms with Crippen LogP contribution in [0.2, 0.25) is 5.15 Å². The van der Waals surface area contributed by atoms with Gasteiger partial charge in [0.1, 0.15) is 11.0 Å². The Morgan fingerprint density at radius 1 is 0.976 bits per heavy atom. The SMILES string of the molecule is CN(Cc1ccccc1)c1cc(Cl)nc(SCc2ccc(C(=O)N3CCC(n4c(=O)[nH]c5ccccc54)CC3)cc2)n1. The van der Waals surface area contributed by atoms with Crippen LogP contribution in [0.3, 0.4) is 0 Å². The molecule has 1 aliphatic heterocycles. The summed E-state index contributed by atoms with van der Waals surface area (Å²) in [4.78, 5) is 41.8. The van der Waals surface area contributed by atoms with Gasteiger partial charge in [0.25, 0.3) is 5.91 Å². The first kappa shape index (κ1) is 28.1. The number of aromatic amines is 1. The molecule has 1 fully saturated rings. The number of likely N-dealkylation sites (tertiary alicyclic amines) is 1. The van der Waals surface area contributed by atoms with Crippen molar-refractivity contribution in [3.05, 3.63) is 117 Å². The van der Waals surface area contributed by atoms with E-state index in [4.69, 9.17) is 16.6 Å². The number of aromatic nitrogens is 4. The Balaban J connectivity index is 1.04. The third-order valence-corrected chi connectivity index (χ3v) is 8.74. The second kappa shape index (κ2) is 12.4. The molecule has 42 heavy (non-hydrogen) atoms. The lowest BCUT2D eigenvalue weighted by atomic mass is 10.0. The van der Waals surface area contributed by atoms with Gasteiger partial charge in [0.05, 0.1) is 11.0 Å². The molecule has 0 spiro atoms. The average Bonchev–Trinajstić information content (AvgIpc) is 3.36. The van der Waals surface area contributed by atoms with Crippen LogP contribution in [0, 0.1) is 0 Å². The number of rotatable bonds is 8. The van der Waals surface area contributed by atoms with E-state index >= 15 is 0 Å². The Morgan fingerprint density at radius 2 is 1.69 bits per heavy atom. The zero-order chi connectivity index (χ0) is 29.1. The van der Waals surface area contributed by atoms with Crippen molar-refractivity contribution in [2.45, 2.75) is 36.3 Å². The van der Waals surface area contributed by atoms with Crippen molar-refractivity contribution in [3.8, 4) is 0 Å². The molecular formula is C32H31ClN6O2S. The van der Waals surface area contributed by atoms with Gasteiger partial charge in [-0.15, -0.1) is 0 Å². The number of anilines is 1. The summed E-state index contributed by atoms with van der Waals surface area (Å²) in [6, 6.07) is 27.5. The Bertz CT molecular complexity index is 1750. The number of fused-ring (bicyclic) bond motifs is 1. The number of nitrogens with one attached hydrogen (secondary N) is 1. The summed E-state index contributed by atoms with van der Waals surface area (Å²) in [5.41, 5.74) is 4.59. The third-order valence-electron chi connectivity index (χ3n) is 7.62. The van der Waals surface area contributed by atoms with E-state index < -0.39 is 0 Å². The van der Waals surface area contributed by atoms with Crippen LogP contribution in [-0.4, -0.2) is 50.5 Å². The molecule has 0 saturated carbocycles. The van der Waals surface area contributed by atoms with E-state index in [1.165, 1.54) is 17.3 Å². The number of amides is 1. The molecule has 0 bridgehead atoms. The fourth-order valence-corrected chi connectivity index (χ4v) is 6.46. The Labute approximate surface area is 253 Å². The molecule has 0 radical (unpaired) electrons. The molecule has 1 saturated heterocycles. The number of imidazole rings is 1. The first-order chi connectivity index (χ1) is 20.4. The topological polar surface area (TPSA) is 87.1 Å². The molecule has 5 aromatic rings. The van der Waals surface area contributed by atoms with Crippen LogP contribution in [0.25, 0.3) is 11.0 Å². The van der Waals surface area contributed by atoms with Gasteiger partial charge in [0.2, 0.25) is 0 Å². The van der Waals surface area contributed by atoms with Crippen molar-refractivity contribution in [2.24, 2.45) is 0 Å². The molecule has 3 heterocycles. The van der Waals surface area contributed by atoms with Crippen molar-refractivity contribution < 1.29 is 4.79 Å². The lowest BCUT2D eigenvalue weighted by molar-refractivity contribution is 0.0695. The number of hydrogen-bond donors (Lipinski definition) is 1. The summed E-state index contributed by atoms with van der Waals surface area (Å²) in [6.07, 6.45) is 1.48. The predicted molar refractivity (Wildman–Crippen MR) is 168 cm³/mol. The largest absolute Gasteiger partial charge is 0.355 e. The summed E-state index contributed by atoms with van der Waals surface area (Å²) in [5.74, 6) is 1.44. The van der Waals surface area contributed by atoms with E-state index in [-0.39, 0.29) is 17.6 Å². The number of benzene rings is 3. The fourth-order valence-electron chi connectivity index (χ4n) is 5.42. The van der Waals surface area contributed by atoms with E-state index in [1.54, 1.807) is 6.07 Å². The standard InChI is InChI=1S/C32H31ClN6O2S/c1-37(20-22-7-3-2-4-8-22)29-19-28(33)35-31(36-29)42-21-23-11-13-24(14-12-23)30(40)38-17-15-25(16-18-38)39-27-10-6-5-9-26(27)34-32(39)41/h2-14,19,25H,15-18,20-21H2,1H3,(H,34,41). The van der Waals surface area contributed by atoms with Crippen molar-refractivity contribution in [2.75, 3.05) is 25.0 Å². The maximum absolute atomic E-state index is 13.2. The average molecular weight is 599 g/mol. The molecule has 0 atom stereocenters. The van der Waals surface area contributed by atoms with Crippen molar-refractivity contribution in [3.63, 3.8) is 0 Å². The van der Waals surface area contributed by atoms with Crippen LogP contribution in [0.15, 0.2) is 94.9 Å². The lowest BCUT2D eigenvalue weighted by Gasteiger charge is -2.32. The maximum atomic E-state index is 13.2. The van der Waals surface area contributed by atoms with Crippen LogP contribution >= 0.6 is 23.4 Å². The monoisotopic (exact) mass is 598 g/mol. The minimum Gasteiger partial charge on any atom is -0.355 e. The number of halogens is 1. The van der Waals surface area contributed by atoms with Gasteiger partial charge in [0, 0.05) is 50.1 Å². The molecule has 0 aliphatic carbocycles. The first-order valence-electron chi connectivity index (χ1n) is 13.9. The van der Waals surface area contributed by atoms with Crippen LogP contribution in [0.1, 0.15) is 40.4 Å². The number of hydrogen-bond acceptors (Lipinski definition) is 6. The summed E-state index contributed by atoms with van der Waals surface area (Å²) in [7, 11) is 1.99. The van der Waals surface area contributed by atoms with Gasteiger partial charge in [-0.2, -0.15) is 0 Å². The van der Waals surface area contributed by atoms with Gasteiger partial charge in [-0.1, -0.05) is 78.0 Å². The van der Waals surface area contributed by atoms with E-state index in [0.29, 0.717) is 41.3 Å². The maximum Gasteiger partial charge on any atom is 0.326 e. The van der Waals surface area contributed by atoms with Crippen molar-refractivity contribution >= 4 is 46.1 Å². The summed E-state index contributed by atoms with van der Waals surface area (Å²) in [6.45, 7) is 1.94. The van der Waals surface area contributed by atoms with Gasteiger partial charge in [-0.05, 0) is 48.2 Å². The zero-order valence-electron chi connectivity index (χ0n) is 23.2. The van der Waals surface area contributed by atoms with Crippen LogP contribution in [0.5, 0.6) is 0 Å². The van der Waals surface area contributed by atoms with Crippen LogP contribution < -0.4 is 10.6 Å². The number of piperidine rings is 1.